The molecular weight excluding hydrogens is 442 g/mol. The molecule has 9 heteroatoms. The van der Waals surface area contributed by atoms with Crippen molar-refractivity contribution in [1.29, 1.82) is 5.41 Å². The van der Waals surface area contributed by atoms with Crippen LogP contribution in [0.25, 0.3) is 27.5 Å². The number of allylic oxidation sites excluding steroid dienone is 1. The fourth-order valence-electron chi connectivity index (χ4n) is 4.50. The fourth-order valence-corrected chi connectivity index (χ4v) is 4.62. The summed E-state index contributed by atoms with van der Waals surface area (Å²) in [6, 6.07) is 8.85. The van der Waals surface area contributed by atoms with Crippen LogP contribution in [0.15, 0.2) is 47.5 Å². The molecule has 2 aromatic carbocycles. The summed E-state index contributed by atoms with van der Waals surface area (Å²) >= 11 is 6.11. The van der Waals surface area contributed by atoms with Crippen molar-refractivity contribution in [3.05, 3.63) is 69.4 Å². The van der Waals surface area contributed by atoms with Crippen LogP contribution < -0.4 is 20.5 Å². The van der Waals surface area contributed by atoms with Gasteiger partial charge in [-0.05, 0) is 17.7 Å². The lowest BCUT2D eigenvalue weighted by Crippen LogP contribution is -2.29. The van der Waals surface area contributed by atoms with Crippen LogP contribution in [0.3, 0.4) is 0 Å². The van der Waals surface area contributed by atoms with Crippen LogP contribution in [0.4, 0.5) is 0 Å². The molecule has 2 aromatic heterocycles. The van der Waals surface area contributed by atoms with Gasteiger partial charge in [-0.2, -0.15) is 0 Å². The molecule has 0 radical (unpaired) electrons. The quantitative estimate of drug-likeness (QED) is 0.440. The number of rotatable bonds is 5. The molecule has 0 bridgehead atoms. The highest BCUT2D eigenvalue weighted by Gasteiger charge is 2.31. The molecule has 33 heavy (non-hydrogen) atoms. The summed E-state index contributed by atoms with van der Waals surface area (Å²) in [5.41, 5.74) is 4.02. The fraction of sp³-hybridized carbons (Fsp3) is 0.208. The molecule has 1 aliphatic rings. The predicted octanol–water partition coefficient (Wildman–Crippen LogP) is 3.74. The third-order valence-corrected chi connectivity index (χ3v) is 6.29. The van der Waals surface area contributed by atoms with E-state index in [9.17, 15) is 4.79 Å². The number of aromatic nitrogens is 3. The lowest BCUT2D eigenvalue weighted by molar-refractivity contribution is 0.276. The van der Waals surface area contributed by atoms with E-state index in [1.165, 1.54) is 6.21 Å². The van der Waals surface area contributed by atoms with Crippen LogP contribution in [0, 0.1) is 5.41 Å². The molecule has 1 aliphatic heterocycles. The Hall–Kier alpha value is -3.78. The highest BCUT2D eigenvalue weighted by Crippen LogP contribution is 2.45. The number of benzene rings is 2. The summed E-state index contributed by atoms with van der Waals surface area (Å²) in [5, 5.41) is 12.3. The van der Waals surface area contributed by atoms with Gasteiger partial charge in [0.05, 0.1) is 46.8 Å². The lowest BCUT2D eigenvalue weighted by Gasteiger charge is -2.19. The molecule has 0 saturated carbocycles. The maximum Gasteiger partial charge on any atom is 0.329 e. The van der Waals surface area contributed by atoms with E-state index in [4.69, 9.17) is 26.5 Å². The molecule has 5 rings (SSSR count). The number of imidazole rings is 1. The van der Waals surface area contributed by atoms with E-state index in [0.29, 0.717) is 44.1 Å². The SMILES string of the molecule is CN/C=C(\C=N)c1c(OC)cc2ncc3c4c2c1OCC(c1ccc(Cl)cc1)n4c(=O)n3C. The Morgan fingerprint density at radius 3 is 2.79 bits per heavy atom. The predicted molar refractivity (Wildman–Crippen MR) is 130 cm³/mol. The molecule has 8 nitrogen and oxygen atoms in total. The van der Waals surface area contributed by atoms with Crippen LogP contribution >= 0.6 is 11.6 Å². The van der Waals surface area contributed by atoms with E-state index in [-0.39, 0.29) is 18.3 Å². The molecule has 0 aliphatic carbocycles. The Kier molecular flexibility index (Phi) is 5.09. The maximum absolute atomic E-state index is 13.4. The molecule has 0 amide bonds. The first-order valence-corrected chi connectivity index (χ1v) is 10.7. The molecule has 3 heterocycles. The number of methoxy groups -OCH3 is 1. The standard InChI is InChI=1S/C24H22ClN5O3/c1-27-10-14(9-26)20-19(32-3)8-16-21-22-17(11-28-16)29(2)24(31)30(22)18(12-33-23(20)21)13-4-6-15(25)7-5-13/h4-11,18,26-27H,12H2,1-3H3/b14-10+,26-9?. The van der Waals surface area contributed by atoms with Crippen LogP contribution in [-0.4, -0.2) is 41.1 Å². The molecule has 1 atom stereocenters. The van der Waals surface area contributed by atoms with Crippen molar-refractivity contribution < 1.29 is 9.47 Å². The normalized spacial score (nSPS) is 15.5. The van der Waals surface area contributed by atoms with Gasteiger partial charge in [-0.25, -0.2) is 4.79 Å². The van der Waals surface area contributed by atoms with Crippen LogP contribution in [0.1, 0.15) is 17.2 Å². The van der Waals surface area contributed by atoms with E-state index < -0.39 is 0 Å². The van der Waals surface area contributed by atoms with E-state index >= 15 is 0 Å². The number of pyridine rings is 1. The second-order valence-corrected chi connectivity index (χ2v) is 8.23. The minimum absolute atomic E-state index is 0.161. The summed E-state index contributed by atoms with van der Waals surface area (Å²) in [4.78, 5) is 18.0. The third kappa shape index (κ3) is 3.09. The van der Waals surface area contributed by atoms with E-state index in [1.807, 2.05) is 18.2 Å². The number of nitrogens with one attached hydrogen (secondary N) is 2. The van der Waals surface area contributed by atoms with Gasteiger partial charge in [-0.15, -0.1) is 0 Å². The Morgan fingerprint density at radius 2 is 2.12 bits per heavy atom. The highest BCUT2D eigenvalue weighted by atomic mass is 35.5. The molecule has 2 N–H and O–H groups in total. The van der Waals surface area contributed by atoms with Gasteiger partial charge < -0.3 is 20.2 Å². The van der Waals surface area contributed by atoms with Gasteiger partial charge in [0.25, 0.3) is 0 Å². The number of ether oxygens (including phenoxy) is 2. The van der Waals surface area contributed by atoms with E-state index in [0.717, 1.165) is 11.1 Å². The average molecular weight is 464 g/mol. The van der Waals surface area contributed by atoms with Gasteiger partial charge in [-0.3, -0.25) is 14.1 Å². The summed E-state index contributed by atoms with van der Waals surface area (Å²) in [5.74, 6) is 1.06. The zero-order valence-corrected chi connectivity index (χ0v) is 19.1. The summed E-state index contributed by atoms with van der Waals surface area (Å²) in [7, 11) is 5.08. The molecule has 0 saturated heterocycles. The number of hydrogen-bond acceptors (Lipinski definition) is 6. The zero-order valence-electron chi connectivity index (χ0n) is 18.3. The van der Waals surface area contributed by atoms with E-state index in [2.05, 4.69) is 10.3 Å². The minimum Gasteiger partial charge on any atom is -0.496 e. The average Bonchev–Trinajstić information content (AvgIpc) is 2.96. The first kappa shape index (κ1) is 21.1. The van der Waals surface area contributed by atoms with Gasteiger partial charge >= 0.3 is 5.69 Å². The lowest BCUT2D eigenvalue weighted by atomic mass is 10.0. The first-order valence-electron chi connectivity index (χ1n) is 10.4. The summed E-state index contributed by atoms with van der Waals surface area (Å²) in [6.07, 6.45) is 4.65. The molecule has 0 fully saturated rings. The molecule has 1 unspecified atom stereocenters. The van der Waals surface area contributed by atoms with Crippen LogP contribution in [-0.2, 0) is 7.05 Å². The largest absolute Gasteiger partial charge is 0.496 e. The Balaban J connectivity index is 1.93. The number of halogens is 1. The van der Waals surface area contributed by atoms with Crippen molar-refractivity contribution in [2.24, 2.45) is 7.05 Å². The Labute approximate surface area is 194 Å². The molecular formula is C24H22ClN5O3. The van der Waals surface area contributed by atoms with Gasteiger partial charge in [0, 0.05) is 43.2 Å². The van der Waals surface area contributed by atoms with E-state index in [1.54, 1.807) is 54.9 Å². The Morgan fingerprint density at radius 1 is 1.36 bits per heavy atom. The number of nitrogens with zero attached hydrogens (tertiary/aromatic N) is 3. The first-order chi connectivity index (χ1) is 16.0. The molecule has 4 aromatic rings. The summed E-state index contributed by atoms with van der Waals surface area (Å²) in [6.45, 7) is 0.204. The maximum atomic E-state index is 13.4. The highest BCUT2D eigenvalue weighted by molar-refractivity contribution is 6.30. The van der Waals surface area contributed by atoms with Gasteiger partial charge in [0.2, 0.25) is 0 Å². The number of aryl methyl sites for hydroxylation is 1. The topological polar surface area (TPSA) is 94.2 Å². The van der Waals surface area contributed by atoms with Crippen LogP contribution in [0.5, 0.6) is 11.5 Å². The van der Waals surface area contributed by atoms with Crippen molar-refractivity contribution in [1.82, 2.24) is 19.4 Å². The second kappa shape index (κ2) is 7.97. The molecule has 168 valence electrons. The Bertz CT molecular complexity index is 1500. The van der Waals surface area contributed by atoms with Crippen molar-refractivity contribution in [2.75, 3.05) is 20.8 Å². The summed E-state index contributed by atoms with van der Waals surface area (Å²) < 4.78 is 15.5. The van der Waals surface area contributed by atoms with Gasteiger partial charge in [-0.1, -0.05) is 23.7 Å². The van der Waals surface area contributed by atoms with Crippen molar-refractivity contribution in [3.63, 3.8) is 0 Å². The second-order valence-electron chi connectivity index (χ2n) is 7.79. The van der Waals surface area contributed by atoms with Crippen molar-refractivity contribution >= 4 is 45.3 Å². The number of hydrogen-bond donors (Lipinski definition) is 2. The molecule has 0 spiro atoms. The zero-order chi connectivity index (χ0) is 23.3. The smallest absolute Gasteiger partial charge is 0.329 e. The van der Waals surface area contributed by atoms with Crippen molar-refractivity contribution in [3.8, 4) is 11.5 Å². The van der Waals surface area contributed by atoms with Gasteiger partial charge in [0.1, 0.15) is 18.1 Å². The monoisotopic (exact) mass is 463 g/mol. The van der Waals surface area contributed by atoms with Crippen LogP contribution in [0.2, 0.25) is 5.02 Å². The van der Waals surface area contributed by atoms with Crippen molar-refractivity contribution in [2.45, 2.75) is 6.04 Å². The van der Waals surface area contributed by atoms with Gasteiger partial charge in [0.15, 0.2) is 0 Å². The minimum atomic E-state index is -0.382. The third-order valence-electron chi connectivity index (χ3n) is 6.04.